The average molecular weight is 319 g/mol. The third kappa shape index (κ3) is 4.43. The summed E-state index contributed by atoms with van der Waals surface area (Å²) in [6, 6.07) is -0.370. The number of hydrogen-bond donors (Lipinski definition) is 1. The quantitative estimate of drug-likeness (QED) is 0.457. The molecule has 128 valence electrons. The first kappa shape index (κ1) is 17.7. The number of allylic oxidation sites excluding steroid dienone is 2. The Balaban J connectivity index is 1.86. The number of carbonyl (C=O) groups is 2. The molecule has 3 amide bonds. The lowest BCUT2D eigenvalue weighted by Gasteiger charge is -2.29. The maximum Gasteiger partial charge on any atom is 0.346 e. The van der Waals surface area contributed by atoms with Crippen molar-refractivity contribution in [3.63, 3.8) is 0 Å². The van der Waals surface area contributed by atoms with Gasteiger partial charge in [-0.1, -0.05) is 37.8 Å². The molecule has 0 aromatic carbocycles. The van der Waals surface area contributed by atoms with E-state index in [-0.39, 0.29) is 11.9 Å². The van der Waals surface area contributed by atoms with Gasteiger partial charge in [-0.05, 0) is 51.9 Å². The molecular weight excluding hydrogens is 290 g/mol. The third-order valence-electron chi connectivity index (χ3n) is 4.76. The van der Waals surface area contributed by atoms with E-state index in [2.05, 4.69) is 37.3 Å². The van der Waals surface area contributed by atoms with Crippen molar-refractivity contribution in [1.29, 1.82) is 0 Å². The maximum absolute atomic E-state index is 12.5. The molecule has 0 unspecified atom stereocenters. The van der Waals surface area contributed by atoms with Crippen LogP contribution in [0, 0.1) is 5.92 Å². The second kappa shape index (κ2) is 7.75. The minimum absolute atomic E-state index is 0.171. The summed E-state index contributed by atoms with van der Waals surface area (Å²) in [7, 11) is 0. The zero-order valence-electron chi connectivity index (χ0n) is 14.6. The van der Waals surface area contributed by atoms with Crippen LogP contribution in [0.3, 0.4) is 0 Å². The smallest absolute Gasteiger partial charge is 0.321 e. The summed E-state index contributed by atoms with van der Waals surface area (Å²) < 4.78 is 0. The number of nitrogens with zero attached hydrogens (tertiary/aromatic N) is 2. The van der Waals surface area contributed by atoms with Crippen LogP contribution >= 0.6 is 0 Å². The number of imide groups is 1. The normalized spacial score (nSPS) is 21.8. The van der Waals surface area contributed by atoms with Gasteiger partial charge in [-0.25, -0.2) is 4.79 Å². The number of hydrogen-bond acceptors (Lipinski definition) is 3. The molecule has 1 aliphatic carbocycles. The molecule has 2 rings (SSSR count). The summed E-state index contributed by atoms with van der Waals surface area (Å²) in [5.41, 5.74) is 0.657. The van der Waals surface area contributed by atoms with Crippen molar-refractivity contribution in [2.24, 2.45) is 11.0 Å². The third-order valence-corrected chi connectivity index (χ3v) is 4.76. The molecule has 1 heterocycles. The lowest BCUT2D eigenvalue weighted by Crippen LogP contribution is -2.48. The van der Waals surface area contributed by atoms with Gasteiger partial charge in [0, 0.05) is 6.21 Å². The summed E-state index contributed by atoms with van der Waals surface area (Å²) in [4.78, 5) is 24.6. The fourth-order valence-corrected chi connectivity index (χ4v) is 3.29. The van der Waals surface area contributed by atoms with Gasteiger partial charge in [-0.15, -0.1) is 5.01 Å². The molecule has 0 bridgehead atoms. The van der Waals surface area contributed by atoms with E-state index in [1.54, 1.807) is 6.21 Å². The summed E-state index contributed by atoms with van der Waals surface area (Å²) in [6.45, 7) is 6.37. The number of hydrazone groups is 1. The van der Waals surface area contributed by atoms with Gasteiger partial charge in [0.1, 0.15) is 5.54 Å². The first-order valence-corrected chi connectivity index (χ1v) is 8.77. The van der Waals surface area contributed by atoms with Gasteiger partial charge in [0.05, 0.1) is 0 Å². The Labute approximate surface area is 139 Å². The minimum Gasteiger partial charge on any atom is -0.321 e. The minimum atomic E-state index is -0.679. The Morgan fingerprint density at radius 3 is 2.65 bits per heavy atom. The topological polar surface area (TPSA) is 61.8 Å². The Hall–Kier alpha value is -1.65. The Morgan fingerprint density at radius 2 is 2.00 bits per heavy atom. The van der Waals surface area contributed by atoms with E-state index in [0.717, 1.165) is 56.4 Å². The van der Waals surface area contributed by atoms with Crippen molar-refractivity contribution in [2.45, 2.75) is 77.7 Å². The number of carbonyl (C=O) groups excluding carboxylic acids is 2. The van der Waals surface area contributed by atoms with Crippen molar-refractivity contribution >= 4 is 18.2 Å². The number of amides is 3. The predicted octanol–water partition coefficient (Wildman–Crippen LogP) is 4.00. The van der Waals surface area contributed by atoms with Crippen molar-refractivity contribution in [2.75, 3.05) is 0 Å². The maximum atomic E-state index is 12.5. The highest BCUT2D eigenvalue weighted by atomic mass is 16.2. The zero-order valence-corrected chi connectivity index (χ0v) is 14.6. The van der Waals surface area contributed by atoms with Gasteiger partial charge in [0.25, 0.3) is 5.91 Å². The molecular formula is C18H29N3O2. The predicted molar refractivity (Wildman–Crippen MR) is 92.1 cm³/mol. The fourth-order valence-electron chi connectivity index (χ4n) is 3.29. The van der Waals surface area contributed by atoms with Crippen LogP contribution < -0.4 is 5.32 Å². The SMILES string of the molecule is CC(C)=CCC[C@H](C)C/C=N\N1C(=O)NC2(CCCCC2)C1=O. The highest BCUT2D eigenvalue weighted by molar-refractivity contribution is 6.07. The molecule has 1 aliphatic heterocycles. The van der Waals surface area contributed by atoms with Crippen LogP contribution in [0.1, 0.15) is 72.1 Å². The monoisotopic (exact) mass is 319 g/mol. The van der Waals surface area contributed by atoms with E-state index < -0.39 is 5.54 Å². The van der Waals surface area contributed by atoms with E-state index >= 15 is 0 Å². The van der Waals surface area contributed by atoms with E-state index in [9.17, 15) is 9.59 Å². The average Bonchev–Trinajstić information content (AvgIpc) is 2.72. The molecule has 2 aliphatic rings. The highest BCUT2D eigenvalue weighted by Gasteiger charge is 2.51. The van der Waals surface area contributed by atoms with Gasteiger partial charge in [0.15, 0.2) is 0 Å². The summed E-state index contributed by atoms with van der Waals surface area (Å²) in [5, 5.41) is 8.06. The van der Waals surface area contributed by atoms with Gasteiger partial charge >= 0.3 is 6.03 Å². The Bertz CT molecular complexity index is 500. The largest absolute Gasteiger partial charge is 0.346 e. The highest BCUT2D eigenvalue weighted by Crippen LogP contribution is 2.33. The molecule has 0 radical (unpaired) electrons. The molecule has 1 saturated heterocycles. The Morgan fingerprint density at radius 1 is 1.30 bits per heavy atom. The molecule has 0 aromatic rings. The molecule has 1 spiro atoms. The van der Waals surface area contributed by atoms with Crippen LogP contribution in [-0.2, 0) is 4.79 Å². The number of nitrogens with one attached hydrogen (secondary N) is 1. The van der Waals surface area contributed by atoms with Crippen LogP contribution in [0.2, 0.25) is 0 Å². The second-order valence-corrected chi connectivity index (χ2v) is 7.19. The molecule has 1 saturated carbocycles. The van der Waals surface area contributed by atoms with Crippen molar-refractivity contribution in [1.82, 2.24) is 10.3 Å². The van der Waals surface area contributed by atoms with Crippen LogP contribution in [0.25, 0.3) is 0 Å². The number of rotatable bonds is 6. The molecule has 0 aromatic heterocycles. The molecule has 1 atom stereocenters. The first-order valence-electron chi connectivity index (χ1n) is 8.77. The first-order chi connectivity index (χ1) is 10.9. The molecule has 5 heteroatoms. The lowest BCUT2D eigenvalue weighted by molar-refractivity contribution is -0.132. The molecule has 2 fully saturated rings. The van der Waals surface area contributed by atoms with Crippen LogP contribution in [0.5, 0.6) is 0 Å². The fraction of sp³-hybridized carbons (Fsp3) is 0.722. The van der Waals surface area contributed by atoms with Crippen molar-refractivity contribution in [3.8, 4) is 0 Å². The zero-order chi connectivity index (χ0) is 16.9. The summed E-state index contributed by atoms with van der Waals surface area (Å²) in [6.07, 6.45) is 11.5. The van der Waals surface area contributed by atoms with Crippen LogP contribution in [0.15, 0.2) is 16.8 Å². The van der Waals surface area contributed by atoms with Crippen molar-refractivity contribution in [3.05, 3.63) is 11.6 Å². The van der Waals surface area contributed by atoms with Gasteiger partial charge < -0.3 is 5.32 Å². The van der Waals surface area contributed by atoms with E-state index in [4.69, 9.17) is 0 Å². The van der Waals surface area contributed by atoms with Gasteiger partial charge in [-0.2, -0.15) is 5.10 Å². The van der Waals surface area contributed by atoms with Gasteiger partial charge in [0.2, 0.25) is 0 Å². The van der Waals surface area contributed by atoms with E-state index in [1.807, 2.05) is 0 Å². The molecule has 1 N–H and O–H groups in total. The number of urea groups is 1. The summed E-state index contributed by atoms with van der Waals surface area (Å²) >= 11 is 0. The van der Waals surface area contributed by atoms with Crippen LogP contribution in [0.4, 0.5) is 4.79 Å². The summed E-state index contributed by atoms with van der Waals surface area (Å²) in [5.74, 6) is 0.314. The lowest BCUT2D eigenvalue weighted by atomic mass is 9.82. The molecule has 5 nitrogen and oxygen atoms in total. The van der Waals surface area contributed by atoms with E-state index in [1.165, 1.54) is 5.57 Å². The second-order valence-electron chi connectivity index (χ2n) is 7.19. The van der Waals surface area contributed by atoms with Crippen molar-refractivity contribution < 1.29 is 9.59 Å². The van der Waals surface area contributed by atoms with Gasteiger partial charge in [-0.3, -0.25) is 4.79 Å². The van der Waals surface area contributed by atoms with Crippen LogP contribution in [-0.4, -0.2) is 28.7 Å². The standard InChI is InChI=1S/C18H29N3O2/c1-14(2)8-7-9-15(3)10-13-19-21-16(22)18(20-17(21)23)11-5-4-6-12-18/h8,13,15H,4-7,9-12H2,1-3H3,(H,20,23)/b19-13-/t15-/m0/s1. The van der Waals surface area contributed by atoms with E-state index in [0.29, 0.717) is 5.92 Å². The Kier molecular flexibility index (Phi) is 5.97. The molecule has 23 heavy (non-hydrogen) atoms.